The fourth-order valence-corrected chi connectivity index (χ4v) is 5.83. The Labute approximate surface area is 227 Å². The van der Waals surface area contributed by atoms with Crippen molar-refractivity contribution >= 4 is 63.4 Å². The van der Waals surface area contributed by atoms with Crippen LogP contribution in [0.4, 0.5) is 15.9 Å². The molecule has 196 valence electrons. The van der Waals surface area contributed by atoms with Gasteiger partial charge < -0.3 is 14.9 Å². The van der Waals surface area contributed by atoms with Gasteiger partial charge in [-0.25, -0.2) is 9.37 Å². The molecule has 2 aliphatic rings. The van der Waals surface area contributed by atoms with Gasteiger partial charge in [-0.3, -0.25) is 23.7 Å². The van der Waals surface area contributed by atoms with Crippen LogP contribution in [0.3, 0.4) is 0 Å². The van der Waals surface area contributed by atoms with Crippen LogP contribution in [-0.4, -0.2) is 68.3 Å². The van der Waals surface area contributed by atoms with E-state index in [-0.39, 0.29) is 47.1 Å². The number of hydrogen-bond donors (Lipinski definition) is 1. The Hall–Kier alpha value is -3.77. The molecule has 5 rings (SSSR count). The zero-order chi connectivity index (χ0) is 26.8. The average Bonchev–Trinajstić information content (AvgIpc) is 3.18. The van der Waals surface area contributed by atoms with Gasteiger partial charge in [-0.15, -0.1) is 0 Å². The lowest BCUT2D eigenvalue weighted by atomic mass is 10.2. The quantitative estimate of drug-likeness (QED) is 0.349. The minimum absolute atomic E-state index is 0.0743. The van der Waals surface area contributed by atoms with Crippen molar-refractivity contribution in [2.45, 2.75) is 12.8 Å². The molecule has 0 bridgehead atoms. The molecule has 0 unspecified atom stereocenters. The number of aromatic nitrogens is 2. The van der Waals surface area contributed by atoms with E-state index in [1.807, 2.05) is 9.80 Å². The molecule has 2 saturated heterocycles. The molecule has 0 atom stereocenters. The van der Waals surface area contributed by atoms with E-state index in [9.17, 15) is 18.8 Å². The fraction of sp³-hybridized carbons (Fsp3) is 0.269. The highest BCUT2D eigenvalue weighted by atomic mass is 32.2. The number of hydrogen-bond acceptors (Lipinski definition) is 8. The highest BCUT2D eigenvalue weighted by Crippen LogP contribution is 2.34. The zero-order valence-corrected chi connectivity index (χ0v) is 21.9. The second-order valence-electron chi connectivity index (χ2n) is 8.84. The maximum atomic E-state index is 14.3. The topological polar surface area (TPSA) is 98.5 Å². The molecule has 1 aromatic carbocycles. The Morgan fingerprint density at radius 2 is 1.79 bits per heavy atom. The van der Waals surface area contributed by atoms with Gasteiger partial charge in [-0.2, -0.15) is 0 Å². The van der Waals surface area contributed by atoms with Gasteiger partial charge in [0.1, 0.15) is 21.6 Å². The van der Waals surface area contributed by atoms with E-state index in [0.29, 0.717) is 47.7 Å². The first kappa shape index (κ1) is 25.9. The minimum atomic E-state index is -0.944. The second-order valence-corrected chi connectivity index (χ2v) is 10.5. The number of halogens is 1. The third-order valence-electron chi connectivity index (χ3n) is 6.44. The third kappa shape index (κ3) is 5.14. The highest BCUT2D eigenvalue weighted by Gasteiger charge is 2.33. The molecule has 0 saturated carbocycles. The lowest BCUT2D eigenvalue weighted by Crippen LogP contribution is -2.47. The minimum Gasteiger partial charge on any atom is -0.481 e. The van der Waals surface area contributed by atoms with Gasteiger partial charge >= 0.3 is 5.97 Å². The molecular formula is C26H24FN5O4S2. The normalized spacial score (nSPS) is 17.2. The number of pyridine rings is 1. The summed E-state index contributed by atoms with van der Waals surface area (Å²) in [6.07, 6.45) is 3.35. The van der Waals surface area contributed by atoms with Crippen LogP contribution in [0, 0.1) is 5.82 Å². The summed E-state index contributed by atoms with van der Waals surface area (Å²) in [6.45, 7) is 2.25. The molecule has 1 N–H and O–H groups in total. The molecule has 1 amide bonds. The number of thiocarbonyl (C=S) groups is 1. The molecule has 3 aromatic rings. The summed E-state index contributed by atoms with van der Waals surface area (Å²) in [5.41, 5.74) is 0.949. The van der Waals surface area contributed by atoms with Crippen LogP contribution < -0.4 is 15.4 Å². The van der Waals surface area contributed by atoms with Crippen molar-refractivity contribution in [1.82, 2.24) is 14.3 Å². The molecule has 2 aromatic heterocycles. The number of nitrogens with zero attached hydrogens (tertiary/aromatic N) is 5. The Kier molecular flexibility index (Phi) is 7.43. The number of carbonyl (C=O) groups excluding carboxylic acids is 1. The summed E-state index contributed by atoms with van der Waals surface area (Å²) in [5, 5.41) is 8.91. The molecule has 2 fully saturated rings. The molecule has 0 spiro atoms. The van der Waals surface area contributed by atoms with Crippen LogP contribution >= 0.6 is 24.0 Å². The number of carboxylic acid groups (broad SMARTS) is 1. The molecule has 9 nitrogen and oxygen atoms in total. The van der Waals surface area contributed by atoms with Gasteiger partial charge in [0.25, 0.3) is 11.5 Å². The standard InChI is InChI=1S/C26H24FN5O4S2/c27-18-6-1-2-7-19(18)29-12-14-30(15-13-29)23-17(24(35)31-10-4-3-8-21(31)28-23)16-20-25(36)32(26(37)38-20)11-5-9-22(33)34/h1-4,6-8,10,16H,5,9,11-15H2,(H,33,34). The largest absolute Gasteiger partial charge is 0.481 e. The van der Waals surface area contributed by atoms with Crippen molar-refractivity contribution in [3.63, 3.8) is 0 Å². The second kappa shape index (κ2) is 10.9. The number of piperazine rings is 1. The number of amides is 1. The predicted octanol–water partition coefficient (Wildman–Crippen LogP) is 3.23. The van der Waals surface area contributed by atoms with Crippen LogP contribution in [0.1, 0.15) is 18.4 Å². The fourth-order valence-electron chi connectivity index (χ4n) is 4.54. The van der Waals surface area contributed by atoms with E-state index in [1.165, 1.54) is 21.4 Å². The molecule has 12 heteroatoms. The van der Waals surface area contributed by atoms with Crippen molar-refractivity contribution in [3.8, 4) is 0 Å². The van der Waals surface area contributed by atoms with E-state index in [4.69, 9.17) is 22.3 Å². The maximum Gasteiger partial charge on any atom is 0.303 e. The first-order valence-electron chi connectivity index (χ1n) is 12.1. The molecule has 4 heterocycles. The summed E-state index contributed by atoms with van der Waals surface area (Å²) >= 11 is 6.44. The van der Waals surface area contributed by atoms with E-state index >= 15 is 0 Å². The van der Waals surface area contributed by atoms with Crippen LogP contribution in [0.2, 0.25) is 0 Å². The SMILES string of the molecule is O=C(O)CCCN1C(=O)C(=Cc2c(N3CCN(c4ccccc4F)CC3)nc3ccccn3c2=O)SC1=S. The molecule has 38 heavy (non-hydrogen) atoms. The van der Waals surface area contributed by atoms with E-state index in [1.54, 1.807) is 42.6 Å². The first-order valence-corrected chi connectivity index (χ1v) is 13.3. The summed E-state index contributed by atoms with van der Waals surface area (Å²) in [7, 11) is 0. The van der Waals surface area contributed by atoms with Crippen molar-refractivity contribution in [2.75, 3.05) is 42.5 Å². The third-order valence-corrected chi connectivity index (χ3v) is 7.82. The van der Waals surface area contributed by atoms with Gasteiger partial charge in [0.05, 0.1) is 16.2 Å². The van der Waals surface area contributed by atoms with E-state index in [2.05, 4.69) is 0 Å². The Balaban J connectivity index is 1.46. The molecule has 0 radical (unpaired) electrons. The number of carboxylic acids is 1. The lowest BCUT2D eigenvalue weighted by Gasteiger charge is -2.37. The number of aliphatic carboxylic acids is 1. The van der Waals surface area contributed by atoms with Crippen molar-refractivity contribution in [2.24, 2.45) is 0 Å². The Bertz CT molecular complexity index is 1520. The summed E-state index contributed by atoms with van der Waals surface area (Å²) in [6, 6.07) is 11.9. The van der Waals surface area contributed by atoms with Gasteiger partial charge in [0.15, 0.2) is 0 Å². The predicted molar refractivity (Wildman–Crippen MR) is 149 cm³/mol. The molecule has 0 aliphatic carbocycles. The van der Waals surface area contributed by atoms with Crippen LogP contribution in [-0.2, 0) is 9.59 Å². The van der Waals surface area contributed by atoms with Crippen LogP contribution in [0.25, 0.3) is 11.7 Å². The average molecular weight is 554 g/mol. The van der Waals surface area contributed by atoms with Gasteiger partial charge in [-0.05, 0) is 36.8 Å². The maximum absolute atomic E-state index is 14.3. The van der Waals surface area contributed by atoms with Crippen molar-refractivity contribution in [1.29, 1.82) is 0 Å². The molecule has 2 aliphatic heterocycles. The van der Waals surface area contributed by atoms with Gasteiger partial charge in [0.2, 0.25) is 0 Å². The molecular weight excluding hydrogens is 529 g/mol. The number of benzene rings is 1. The highest BCUT2D eigenvalue weighted by molar-refractivity contribution is 8.26. The van der Waals surface area contributed by atoms with Crippen molar-refractivity contribution < 1.29 is 19.1 Å². The van der Waals surface area contributed by atoms with Gasteiger partial charge in [-0.1, -0.05) is 42.2 Å². The number of fused-ring (bicyclic) bond motifs is 1. The lowest BCUT2D eigenvalue weighted by molar-refractivity contribution is -0.137. The Morgan fingerprint density at radius 1 is 1.08 bits per heavy atom. The summed E-state index contributed by atoms with van der Waals surface area (Å²) < 4.78 is 16.1. The van der Waals surface area contributed by atoms with E-state index < -0.39 is 5.97 Å². The first-order chi connectivity index (χ1) is 18.3. The number of rotatable bonds is 7. The van der Waals surface area contributed by atoms with Crippen LogP contribution in [0.15, 0.2) is 58.4 Å². The Morgan fingerprint density at radius 3 is 2.53 bits per heavy atom. The van der Waals surface area contributed by atoms with Gasteiger partial charge in [0, 0.05) is 45.3 Å². The van der Waals surface area contributed by atoms with Crippen molar-refractivity contribution in [3.05, 3.63) is 75.3 Å². The number of carbonyl (C=O) groups is 2. The number of anilines is 2. The summed E-state index contributed by atoms with van der Waals surface area (Å²) in [4.78, 5) is 47.9. The number of thioether (sulfide) groups is 1. The van der Waals surface area contributed by atoms with E-state index in [0.717, 1.165) is 11.8 Å². The zero-order valence-electron chi connectivity index (χ0n) is 20.2. The number of para-hydroxylation sites is 1. The van der Waals surface area contributed by atoms with Crippen LogP contribution in [0.5, 0.6) is 0 Å². The smallest absolute Gasteiger partial charge is 0.303 e. The summed E-state index contributed by atoms with van der Waals surface area (Å²) in [5.74, 6) is -1.14. The monoisotopic (exact) mass is 553 g/mol.